The van der Waals surface area contributed by atoms with E-state index in [0.29, 0.717) is 47.1 Å². The fourth-order valence-electron chi connectivity index (χ4n) is 3.70. The van der Waals surface area contributed by atoms with Crippen LogP contribution in [0.4, 0.5) is 0 Å². The number of carbonyl (C=O) groups is 1. The summed E-state index contributed by atoms with van der Waals surface area (Å²) in [5, 5.41) is 7.60. The molecule has 3 aromatic rings. The molecular weight excluding hydrogens is 416 g/mol. The van der Waals surface area contributed by atoms with E-state index in [1.807, 2.05) is 30.3 Å². The first-order valence-corrected chi connectivity index (χ1v) is 10.7. The molecule has 1 aliphatic rings. The Bertz CT molecular complexity index is 1020. The van der Waals surface area contributed by atoms with Gasteiger partial charge in [-0.2, -0.15) is 4.98 Å². The molecule has 2 heterocycles. The van der Waals surface area contributed by atoms with Crippen molar-refractivity contribution in [3.63, 3.8) is 0 Å². The Morgan fingerprint density at radius 1 is 1.23 bits per heavy atom. The highest BCUT2D eigenvalue weighted by atomic mass is 35.5. The van der Waals surface area contributed by atoms with Crippen molar-refractivity contribution in [1.29, 1.82) is 0 Å². The number of hydrogen-bond donors (Lipinski definition) is 1. The predicted molar refractivity (Wildman–Crippen MR) is 118 cm³/mol. The zero-order valence-electron chi connectivity index (χ0n) is 17.4. The van der Waals surface area contributed by atoms with Crippen LogP contribution in [0.3, 0.4) is 0 Å². The van der Waals surface area contributed by atoms with Gasteiger partial charge in [-0.25, -0.2) is 0 Å². The zero-order valence-corrected chi connectivity index (χ0v) is 18.1. The average molecular weight is 441 g/mol. The SMILES string of the molecule is COc1cc(C(=O)NCC2CCN(Cc3nc(-c4ccccc4)no3)CC2)ccc1Cl. The summed E-state index contributed by atoms with van der Waals surface area (Å²) in [6, 6.07) is 14.9. The van der Waals surface area contributed by atoms with Gasteiger partial charge in [-0.3, -0.25) is 9.69 Å². The lowest BCUT2D eigenvalue weighted by atomic mass is 9.96. The number of benzene rings is 2. The minimum absolute atomic E-state index is 0.114. The lowest BCUT2D eigenvalue weighted by Gasteiger charge is -2.30. The molecule has 1 N–H and O–H groups in total. The lowest BCUT2D eigenvalue weighted by Crippen LogP contribution is -2.38. The number of piperidine rings is 1. The van der Waals surface area contributed by atoms with Crippen LogP contribution in [-0.2, 0) is 6.54 Å². The molecule has 1 aromatic heterocycles. The number of methoxy groups -OCH3 is 1. The van der Waals surface area contributed by atoms with Crippen LogP contribution < -0.4 is 10.1 Å². The number of aromatic nitrogens is 2. The molecule has 0 unspecified atom stereocenters. The Morgan fingerprint density at radius 2 is 2.00 bits per heavy atom. The molecule has 162 valence electrons. The number of ether oxygens (including phenoxy) is 1. The third-order valence-electron chi connectivity index (χ3n) is 5.53. The summed E-state index contributed by atoms with van der Waals surface area (Å²) in [7, 11) is 1.54. The highest BCUT2D eigenvalue weighted by Gasteiger charge is 2.22. The van der Waals surface area contributed by atoms with Gasteiger partial charge in [0.05, 0.1) is 18.7 Å². The second-order valence-electron chi connectivity index (χ2n) is 7.66. The molecular formula is C23H25ClN4O3. The Morgan fingerprint density at radius 3 is 2.74 bits per heavy atom. The van der Waals surface area contributed by atoms with E-state index >= 15 is 0 Å². The summed E-state index contributed by atoms with van der Waals surface area (Å²) >= 11 is 6.03. The zero-order chi connectivity index (χ0) is 21.6. The summed E-state index contributed by atoms with van der Waals surface area (Å²) in [6.45, 7) is 3.15. The Balaban J connectivity index is 1.23. The maximum atomic E-state index is 12.4. The number of likely N-dealkylation sites (tertiary alicyclic amines) is 1. The smallest absolute Gasteiger partial charge is 0.251 e. The van der Waals surface area contributed by atoms with Crippen LogP contribution in [-0.4, -0.2) is 47.7 Å². The monoisotopic (exact) mass is 440 g/mol. The van der Waals surface area contributed by atoms with E-state index in [0.717, 1.165) is 31.5 Å². The molecule has 1 saturated heterocycles. The molecule has 0 aliphatic carbocycles. The summed E-state index contributed by atoms with van der Waals surface area (Å²) < 4.78 is 10.6. The van der Waals surface area contributed by atoms with Crippen molar-refractivity contribution in [2.24, 2.45) is 5.92 Å². The molecule has 1 amide bonds. The van der Waals surface area contributed by atoms with E-state index < -0.39 is 0 Å². The van der Waals surface area contributed by atoms with Crippen LogP contribution in [0, 0.1) is 5.92 Å². The van der Waals surface area contributed by atoms with Crippen LogP contribution in [0.1, 0.15) is 29.1 Å². The fraction of sp³-hybridized carbons (Fsp3) is 0.348. The van der Waals surface area contributed by atoms with Crippen molar-refractivity contribution in [2.75, 3.05) is 26.7 Å². The molecule has 8 heteroatoms. The third-order valence-corrected chi connectivity index (χ3v) is 5.84. The van der Waals surface area contributed by atoms with E-state index in [1.165, 1.54) is 7.11 Å². The molecule has 1 aliphatic heterocycles. The third kappa shape index (κ3) is 5.42. The Kier molecular flexibility index (Phi) is 6.84. The maximum Gasteiger partial charge on any atom is 0.251 e. The molecule has 0 saturated carbocycles. The maximum absolute atomic E-state index is 12.4. The van der Waals surface area contributed by atoms with Crippen LogP contribution >= 0.6 is 11.6 Å². The van der Waals surface area contributed by atoms with Gasteiger partial charge in [0.2, 0.25) is 11.7 Å². The molecule has 0 spiro atoms. The van der Waals surface area contributed by atoms with E-state index in [4.69, 9.17) is 20.9 Å². The molecule has 1 fully saturated rings. The summed E-state index contributed by atoms with van der Waals surface area (Å²) in [4.78, 5) is 19.3. The summed E-state index contributed by atoms with van der Waals surface area (Å²) in [6.07, 6.45) is 2.01. The van der Waals surface area contributed by atoms with E-state index in [2.05, 4.69) is 20.4 Å². The van der Waals surface area contributed by atoms with Gasteiger partial charge in [0, 0.05) is 17.7 Å². The van der Waals surface area contributed by atoms with Gasteiger partial charge in [0.25, 0.3) is 5.91 Å². The van der Waals surface area contributed by atoms with Gasteiger partial charge >= 0.3 is 0 Å². The number of rotatable bonds is 7. The van der Waals surface area contributed by atoms with Crippen molar-refractivity contribution >= 4 is 17.5 Å². The number of carbonyl (C=O) groups excluding carboxylic acids is 1. The number of amides is 1. The van der Waals surface area contributed by atoms with Gasteiger partial charge in [-0.1, -0.05) is 47.1 Å². The molecule has 4 rings (SSSR count). The van der Waals surface area contributed by atoms with Crippen LogP contribution in [0.15, 0.2) is 53.1 Å². The molecule has 0 radical (unpaired) electrons. The van der Waals surface area contributed by atoms with Crippen LogP contribution in [0.5, 0.6) is 5.75 Å². The fourth-order valence-corrected chi connectivity index (χ4v) is 3.90. The van der Waals surface area contributed by atoms with E-state index in [1.54, 1.807) is 18.2 Å². The minimum Gasteiger partial charge on any atom is -0.495 e. The number of nitrogens with zero attached hydrogens (tertiary/aromatic N) is 3. The number of hydrogen-bond acceptors (Lipinski definition) is 6. The quantitative estimate of drug-likeness (QED) is 0.597. The van der Waals surface area contributed by atoms with Crippen molar-refractivity contribution in [3.8, 4) is 17.1 Å². The average Bonchev–Trinajstić information content (AvgIpc) is 3.28. The van der Waals surface area contributed by atoms with Gasteiger partial charge in [-0.05, 0) is 50.0 Å². The number of halogens is 1. The van der Waals surface area contributed by atoms with E-state index in [9.17, 15) is 4.79 Å². The highest BCUT2D eigenvalue weighted by molar-refractivity contribution is 6.32. The Hall–Kier alpha value is -2.90. The van der Waals surface area contributed by atoms with Crippen molar-refractivity contribution in [1.82, 2.24) is 20.4 Å². The topological polar surface area (TPSA) is 80.5 Å². The molecule has 0 atom stereocenters. The normalized spacial score (nSPS) is 15.0. The summed E-state index contributed by atoms with van der Waals surface area (Å²) in [5.74, 6) is 2.07. The second kappa shape index (κ2) is 9.94. The molecule has 7 nitrogen and oxygen atoms in total. The summed E-state index contributed by atoms with van der Waals surface area (Å²) in [5.41, 5.74) is 1.49. The first-order chi connectivity index (χ1) is 15.1. The van der Waals surface area contributed by atoms with Crippen LogP contribution in [0.2, 0.25) is 5.02 Å². The van der Waals surface area contributed by atoms with Gasteiger partial charge in [-0.15, -0.1) is 0 Å². The number of nitrogens with one attached hydrogen (secondary N) is 1. The van der Waals surface area contributed by atoms with Crippen molar-refractivity contribution in [3.05, 3.63) is 65.0 Å². The largest absolute Gasteiger partial charge is 0.495 e. The molecule has 0 bridgehead atoms. The Labute approximate surface area is 186 Å². The van der Waals surface area contributed by atoms with Crippen LogP contribution in [0.25, 0.3) is 11.4 Å². The second-order valence-corrected chi connectivity index (χ2v) is 8.06. The molecule has 2 aromatic carbocycles. The first-order valence-electron chi connectivity index (χ1n) is 10.3. The minimum atomic E-state index is -0.114. The van der Waals surface area contributed by atoms with Gasteiger partial charge < -0.3 is 14.6 Å². The van der Waals surface area contributed by atoms with E-state index in [-0.39, 0.29) is 5.91 Å². The standard InChI is InChI=1S/C23H25ClN4O3/c1-30-20-13-18(7-8-19(20)24)23(29)25-14-16-9-11-28(12-10-16)15-21-26-22(27-31-21)17-5-3-2-4-6-17/h2-8,13,16H,9-12,14-15H2,1H3,(H,25,29). The van der Waals surface area contributed by atoms with Gasteiger partial charge in [0.15, 0.2) is 0 Å². The van der Waals surface area contributed by atoms with Crippen molar-refractivity contribution < 1.29 is 14.1 Å². The highest BCUT2D eigenvalue weighted by Crippen LogP contribution is 2.25. The van der Waals surface area contributed by atoms with Crippen molar-refractivity contribution in [2.45, 2.75) is 19.4 Å². The first kappa shape index (κ1) is 21.3. The lowest BCUT2D eigenvalue weighted by molar-refractivity contribution is 0.0933. The van der Waals surface area contributed by atoms with Gasteiger partial charge in [0.1, 0.15) is 5.75 Å². The predicted octanol–water partition coefficient (Wildman–Crippen LogP) is 4.04. The molecule has 31 heavy (non-hydrogen) atoms.